The standard InChI is InChI=1S/C20H17F3N4O2/c21-20(22,23)13-7-5-12(6-8-13)17-14-3-1-2-4-15(14)18(27-26-17)25-11-19(29)9-16(28)24-10-19/h1-8,29H,9-11H2,(H,24,28)(H,25,27)/t19-/m0/s1. The average Bonchev–Trinajstić information content (AvgIpc) is 3.04. The van der Waals surface area contributed by atoms with Crippen molar-refractivity contribution in [2.45, 2.75) is 18.2 Å². The monoisotopic (exact) mass is 402 g/mol. The zero-order valence-corrected chi connectivity index (χ0v) is 15.1. The molecule has 1 amide bonds. The molecule has 0 aliphatic carbocycles. The van der Waals surface area contributed by atoms with E-state index in [2.05, 4.69) is 20.8 Å². The maximum Gasteiger partial charge on any atom is 0.416 e. The van der Waals surface area contributed by atoms with Gasteiger partial charge in [-0.15, -0.1) is 10.2 Å². The first-order valence-electron chi connectivity index (χ1n) is 8.91. The molecule has 0 unspecified atom stereocenters. The van der Waals surface area contributed by atoms with Crippen LogP contribution in [0.3, 0.4) is 0 Å². The van der Waals surface area contributed by atoms with Gasteiger partial charge in [0.05, 0.1) is 12.0 Å². The summed E-state index contributed by atoms with van der Waals surface area (Å²) in [5, 5.41) is 25.8. The van der Waals surface area contributed by atoms with Crippen molar-refractivity contribution in [2.75, 3.05) is 18.4 Å². The normalized spacial score (nSPS) is 19.4. The number of anilines is 1. The lowest BCUT2D eigenvalue weighted by atomic mass is 10.0. The van der Waals surface area contributed by atoms with Gasteiger partial charge < -0.3 is 15.7 Å². The van der Waals surface area contributed by atoms with Crippen molar-refractivity contribution < 1.29 is 23.1 Å². The summed E-state index contributed by atoms with van der Waals surface area (Å²) in [7, 11) is 0. The minimum atomic E-state index is -4.41. The number of carbonyl (C=O) groups is 1. The Morgan fingerprint density at radius 1 is 1.07 bits per heavy atom. The van der Waals surface area contributed by atoms with Crippen molar-refractivity contribution in [3.05, 3.63) is 54.1 Å². The average molecular weight is 402 g/mol. The number of nitrogens with one attached hydrogen (secondary N) is 2. The number of hydrogen-bond acceptors (Lipinski definition) is 5. The number of rotatable bonds is 4. The van der Waals surface area contributed by atoms with Gasteiger partial charge in [0.15, 0.2) is 5.82 Å². The SMILES string of the molecule is O=C1C[C@@](O)(CNc2nnc(-c3ccc(C(F)(F)F)cc3)c3ccccc23)CN1. The van der Waals surface area contributed by atoms with E-state index in [0.717, 1.165) is 12.1 Å². The highest BCUT2D eigenvalue weighted by Crippen LogP contribution is 2.33. The van der Waals surface area contributed by atoms with Gasteiger partial charge in [-0.1, -0.05) is 36.4 Å². The van der Waals surface area contributed by atoms with E-state index < -0.39 is 17.3 Å². The molecule has 1 aliphatic rings. The molecule has 3 aromatic rings. The summed E-state index contributed by atoms with van der Waals surface area (Å²) in [6.07, 6.45) is -4.41. The number of amides is 1. The quantitative estimate of drug-likeness (QED) is 0.625. The van der Waals surface area contributed by atoms with Crippen molar-refractivity contribution in [2.24, 2.45) is 0 Å². The minimum absolute atomic E-state index is 0.00496. The maximum absolute atomic E-state index is 12.8. The molecule has 0 spiro atoms. The molecule has 6 nitrogen and oxygen atoms in total. The van der Waals surface area contributed by atoms with E-state index in [1.54, 1.807) is 18.2 Å². The van der Waals surface area contributed by atoms with E-state index in [9.17, 15) is 23.1 Å². The Bertz CT molecular complexity index is 1070. The maximum atomic E-state index is 12.8. The number of benzene rings is 2. The minimum Gasteiger partial charge on any atom is -0.386 e. The van der Waals surface area contributed by atoms with Crippen molar-refractivity contribution >= 4 is 22.5 Å². The van der Waals surface area contributed by atoms with Crippen LogP contribution in [-0.2, 0) is 11.0 Å². The van der Waals surface area contributed by atoms with Crippen LogP contribution in [0.4, 0.5) is 19.0 Å². The number of fused-ring (bicyclic) bond motifs is 1. The Labute approximate surface area is 163 Å². The molecule has 2 aromatic carbocycles. The molecular formula is C20H17F3N4O2. The molecule has 2 heterocycles. The van der Waals surface area contributed by atoms with Gasteiger partial charge in [-0.2, -0.15) is 13.2 Å². The fraction of sp³-hybridized carbons (Fsp3) is 0.250. The topological polar surface area (TPSA) is 87.1 Å². The number of β-amino-alcohol motifs (C(OH)–C–C–N with tert-alkyl or cyclic N) is 1. The molecule has 0 bridgehead atoms. The smallest absolute Gasteiger partial charge is 0.386 e. The summed E-state index contributed by atoms with van der Waals surface area (Å²) in [6.45, 7) is 0.248. The van der Waals surface area contributed by atoms with E-state index in [1.165, 1.54) is 12.1 Å². The van der Waals surface area contributed by atoms with Crippen LogP contribution in [0, 0.1) is 0 Å². The number of halogens is 3. The van der Waals surface area contributed by atoms with Gasteiger partial charge in [0.2, 0.25) is 5.91 Å². The van der Waals surface area contributed by atoms with Crippen molar-refractivity contribution in [3.8, 4) is 11.3 Å². The number of hydrogen-bond donors (Lipinski definition) is 3. The lowest BCUT2D eigenvalue weighted by molar-refractivity contribution is -0.137. The van der Waals surface area contributed by atoms with Crippen molar-refractivity contribution in [1.29, 1.82) is 0 Å². The van der Waals surface area contributed by atoms with Gasteiger partial charge in [-0.05, 0) is 12.1 Å². The van der Waals surface area contributed by atoms with Crippen molar-refractivity contribution in [3.63, 3.8) is 0 Å². The van der Waals surface area contributed by atoms with Crippen LogP contribution in [-0.4, -0.2) is 39.9 Å². The van der Waals surface area contributed by atoms with Gasteiger partial charge in [0, 0.05) is 29.4 Å². The Balaban J connectivity index is 1.66. The van der Waals surface area contributed by atoms with E-state index in [1.807, 2.05) is 6.07 Å². The van der Waals surface area contributed by atoms with Crippen LogP contribution in [0.1, 0.15) is 12.0 Å². The predicted molar refractivity (Wildman–Crippen MR) is 101 cm³/mol. The molecule has 3 N–H and O–H groups in total. The number of alkyl halides is 3. The molecule has 150 valence electrons. The summed E-state index contributed by atoms with van der Waals surface area (Å²) in [6, 6.07) is 12.0. The fourth-order valence-corrected chi connectivity index (χ4v) is 3.32. The second-order valence-corrected chi connectivity index (χ2v) is 7.05. The third-order valence-electron chi connectivity index (χ3n) is 4.86. The Kier molecular flexibility index (Phi) is 4.62. The molecule has 4 rings (SSSR count). The first-order valence-corrected chi connectivity index (χ1v) is 8.91. The summed E-state index contributed by atoms with van der Waals surface area (Å²) in [4.78, 5) is 11.4. The second-order valence-electron chi connectivity index (χ2n) is 7.05. The molecule has 0 radical (unpaired) electrons. The fourth-order valence-electron chi connectivity index (χ4n) is 3.32. The van der Waals surface area contributed by atoms with Gasteiger partial charge in [0.25, 0.3) is 0 Å². The lowest BCUT2D eigenvalue weighted by Crippen LogP contribution is -2.39. The predicted octanol–water partition coefficient (Wildman–Crippen LogP) is 2.98. The molecule has 0 saturated carbocycles. The number of aromatic nitrogens is 2. The highest BCUT2D eigenvalue weighted by molar-refractivity contribution is 6.00. The van der Waals surface area contributed by atoms with E-state index in [4.69, 9.17) is 0 Å². The van der Waals surface area contributed by atoms with Gasteiger partial charge in [-0.3, -0.25) is 4.79 Å². The molecule has 1 aromatic heterocycles. The first-order chi connectivity index (χ1) is 13.8. The second kappa shape index (κ2) is 7.00. The number of carbonyl (C=O) groups excluding carboxylic acids is 1. The Hall–Kier alpha value is -3.20. The number of nitrogens with zero attached hydrogens (tertiary/aromatic N) is 2. The summed E-state index contributed by atoms with van der Waals surface area (Å²) in [5.74, 6) is 0.201. The van der Waals surface area contributed by atoms with Crippen molar-refractivity contribution in [1.82, 2.24) is 15.5 Å². The van der Waals surface area contributed by atoms with Crippen LogP contribution in [0.5, 0.6) is 0 Å². The molecule has 1 aliphatic heterocycles. The van der Waals surface area contributed by atoms with E-state index in [0.29, 0.717) is 27.8 Å². The van der Waals surface area contributed by atoms with Crippen LogP contribution in [0.25, 0.3) is 22.0 Å². The third kappa shape index (κ3) is 3.86. The molecule has 1 fully saturated rings. The molecule has 9 heteroatoms. The molecular weight excluding hydrogens is 385 g/mol. The van der Waals surface area contributed by atoms with E-state index in [-0.39, 0.29) is 25.4 Å². The van der Waals surface area contributed by atoms with Crippen LogP contribution >= 0.6 is 0 Å². The molecule has 1 saturated heterocycles. The Morgan fingerprint density at radius 2 is 1.76 bits per heavy atom. The highest BCUT2D eigenvalue weighted by Gasteiger charge is 2.36. The zero-order chi connectivity index (χ0) is 20.6. The zero-order valence-electron chi connectivity index (χ0n) is 15.1. The first kappa shape index (κ1) is 19.1. The number of aliphatic hydroxyl groups is 1. The summed E-state index contributed by atoms with van der Waals surface area (Å²) in [5.41, 5.74) is -0.982. The summed E-state index contributed by atoms with van der Waals surface area (Å²) < 4.78 is 38.4. The Morgan fingerprint density at radius 3 is 2.38 bits per heavy atom. The van der Waals surface area contributed by atoms with Crippen LogP contribution < -0.4 is 10.6 Å². The van der Waals surface area contributed by atoms with Gasteiger partial charge in [0.1, 0.15) is 11.3 Å². The molecule has 29 heavy (non-hydrogen) atoms. The largest absolute Gasteiger partial charge is 0.416 e. The van der Waals surface area contributed by atoms with Crippen LogP contribution in [0.2, 0.25) is 0 Å². The lowest BCUT2D eigenvalue weighted by Gasteiger charge is -2.21. The van der Waals surface area contributed by atoms with E-state index >= 15 is 0 Å². The van der Waals surface area contributed by atoms with Gasteiger partial charge in [-0.25, -0.2) is 0 Å². The third-order valence-corrected chi connectivity index (χ3v) is 4.86. The summed E-state index contributed by atoms with van der Waals surface area (Å²) >= 11 is 0. The van der Waals surface area contributed by atoms with Gasteiger partial charge >= 0.3 is 6.18 Å². The highest BCUT2D eigenvalue weighted by atomic mass is 19.4. The molecule has 1 atom stereocenters. The van der Waals surface area contributed by atoms with Crippen LogP contribution in [0.15, 0.2) is 48.5 Å².